The van der Waals surface area contributed by atoms with Crippen LogP contribution in [0.15, 0.2) is 64.3 Å². The first-order valence-corrected chi connectivity index (χ1v) is 9.71. The summed E-state index contributed by atoms with van der Waals surface area (Å²) in [4.78, 5) is 14.5. The Morgan fingerprint density at radius 1 is 1.23 bits per heavy atom. The van der Waals surface area contributed by atoms with E-state index in [0.717, 1.165) is 15.6 Å². The number of anilines is 1. The molecular formula is C21H19BrN4O4. The van der Waals surface area contributed by atoms with Gasteiger partial charge < -0.3 is 9.47 Å². The van der Waals surface area contributed by atoms with Crippen LogP contribution in [0.4, 0.5) is 11.5 Å². The van der Waals surface area contributed by atoms with Crippen LogP contribution in [0.2, 0.25) is 0 Å². The van der Waals surface area contributed by atoms with Gasteiger partial charge in [0.15, 0.2) is 11.5 Å². The first-order chi connectivity index (χ1) is 14.5. The summed E-state index contributed by atoms with van der Waals surface area (Å²) in [5.74, 6) is 1.17. The lowest BCUT2D eigenvalue weighted by Gasteiger charge is -2.13. The number of hydrazone groups is 1. The minimum Gasteiger partial charge on any atom is -0.493 e. The quantitative estimate of drug-likeness (QED) is 0.279. The molecule has 1 heterocycles. The predicted octanol–water partition coefficient (Wildman–Crippen LogP) is 5.09. The van der Waals surface area contributed by atoms with Crippen molar-refractivity contribution < 1.29 is 14.4 Å². The Labute approximate surface area is 181 Å². The number of methoxy groups -OCH3 is 1. The zero-order valence-corrected chi connectivity index (χ0v) is 17.9. The summed E-state index contributed by atoms with van der Waals surface area (Å²) in [6.07, 6.45) is 2.96. The van der Waals surface area contributed by atoms with E-state index in [9.17, 15) is 10.1 Å². The summed E-state index contributed by atoms with van der Waals surface area (Å²) in [6, 6.07) is 14.5. The number of rotatable bonds is 8. The molecule has 1 N–H and O–H groups in total. The second-order valence-corrected chi connectivity index (χ2v) is 7.15. The van der Waals surface area contributed by atoms with E-state index >= 15 is 0 Å². The fourth-order valence-electron chi connectivity index (χ4n) is 2.68. The van der Waals surface area contributed by atoms with Gasteiger partial charge in [-0.25, -0.2) is 4.98 Å². The second-order valence-electron chi connectivity index (χ2n) is 6.30. The Kier molecular flexibility index (Phi) is 6.97. The van der Waals surface area contributed by atoms with Gasteiger partial charge in [-0.2, -0.15) is 5.10 Å². The molecule has 0 bridgehead atoms. The van der Waals surface area contributed by atoms with E-state index in [1.807, 2.05) is 25.1 Å². The Bertz CT molecular complexity index is 1090. The van der Waals surface area contributed by atoms with Gasteiger partial charge >= 0.3 is 5.69 Å². The Balaban J connectivity index is 1.75. The van der Waals surface area contributed by atoms with Crippen molar-refractivity contribution in [2.45, 2.75) is 13.5 Å². The van der Waals surface area contributed by atoms with Crippen LogP contribution in [0.3, 0.4) is 0 Å². The number of aromatic nitrogens is 1. The molecule has 3 rings (SSSR count). The van der Waals surface area contributed by atoms with Crippen LogP contribution in [0.5, 0.6) is 11.5 Å². The molecule has 3 aromatic rings. The SMILES string of the molecule is COc1cc(/C=N\Nc2ncccc2[N+](=O)[O-])c(Br)cc1OCc1cccc(C)c1. The van der Waals surface area contributed by atoms with Gasteiger partial charge in [0.2, 0.25) is 5.82 Å². The minimum atomic E-state index is -0.524. The van der Waals surface area contributed by atoms with Crippen molar-refractivity contribution in [3.63, 3.8) is 0 Å². The molecule has 154 valence electrons. The van der Waals surface area contributed by atoms with Crippen molar-refractivity contribution >= 4 is 33.6 Å². The van der Waals surface area contributed by atoms with Crippen molar-refractivity contribution in [2.24, 2.45) is 5.10 Å². The van der Waals surface area contributed by atoms with Crippen molar-refractivity contribution in [3.8, 4) is 11.5 Å². The molecule has 30 heavy (non-hydrogen) atoms. The summed E-state index contributed by atoms with van der Waals surface area (Å²) in [5.41, 5.74) is 5.35. The lowest BCUT2D eigenvalue weighted by Crippen LogP contribution is -2.01. The van der Waals surface area contributed by atoms with E-state index < -0.39 is 4.92 Å². The molecule has 0 saturated carbocycles. The topological polar surface area (TPSA) is 98.9 Å². The average molecular weight is 471 g/mol. The fourth-order valence-corrected chi connectivity index (χ4v) is 3.10. The van der Waals surface area contributed by atoms with Gasteiger partial charge in [-0.3, -0.25) is 15.5 Å². The van der Waals surface area contributed by atoms with Crippen LogP contribution in [0, 0.1) is 17.0 Å². The normalized spacial score (nSPS) is 10.8. The number of halogens is 1. The molecule has 0 unspecified atom stereocenters. The fraction of sp³-hybridized carbons (Fsp3) is 0.143. The van der Waals surface area contributed by atoms with Gasteiger partial charge in [0.1, 0.15) is 6.61 Å². The third kappa shape index (κ3) is 5.32. The van der Waals surface area contributed by atoms with E-state index in [2.05, 4.69) is 37.5 Å². The number of pyridine rings is 1. The molecule has 8 nitrogen and oxygen atoms in total. The maximum absolute atomic E-state index is 11.0. The number of hydrogen-bond donors (Lipinski definition) is 1. The number of ether oxygens (including phenoxy) is 2. The molecular weight excluding hydrogens is 452 g/mol. The highest BCUT2D eigenvalue weighted by atomic mass is 79.9. The van der Waals surface area contributed by atoms with Crippen molar-refractivity contribution in [1.29, 1.82) is 0 Å². The summed E-state index contributed by atoms with van der Waals surface area (Å²) in [5, 5.41) is 15.1. The molecule has 1 aromatic heterocycles. The number of nitrogens with one attached hydrogen (secondary N) is 1. The molecule has 2 aromatic carbocycles. The third-order valence-corrected chi connectivity index (χ3v) is 4.80. The van der Waals surface area contributed by atoms with Crippen LogP contribution in [-0.4, -0.2) is 23.2 Å². The van der Waals surface area contributed by atoms with Crippen molar-refractivity contribution in [1.82, 2.24) is 4.98 Å². The number of nitro groups is 1. The number of hydrogen-bond acceptors (Lipinski definition) is 7. The van der Waals surface area contributed by atoms with Gasteiger partial charge in [0, 0.05) is 22.3 Å². The Morgan fingerprint density at radius 2 is 2.07 bits per heavy atom. The molecule has 0 aliphatic heterocycles. The minimum absolute atomic E-state index is 0.0555. The van der Waals surface area contributed by atoms with Crippen LogP contribution in [0.25, 0.3) is 0 Å². The molecule has 9 heteroatoms. The van der Waals surface area contributed by atoms with E-state index in [4.69, 9.17) is 9.47 Å². The van der Waals surface area contributed by atoms with E-state index in [0.29, 0.717) is 23.7 Å². The Hall–Kier alpha value is -3.46. The highest BCUT2D eigenvalue weighted by Gasteiger charge is 2.13. The Morgan fingerprint density at radius 3 is 2.80 bits per heavy atom. The predicted molar refractivity (Wildman–Crippen MR) is 118 cm³/mol. The smallest absolute Gasteiger partial charge is 0.313 e. The molecule has 0 amide bonds. The van der Waals surface area contributed by atoms with Gasteiger partial charge in [0.05, 0.1) is 18.2 Å². The van der Waals surface area contributed by atoms with E-state index in [1.54, 1.807) is 19.2 Å². The zero-order valence-electron chi connectivity index (χ0n) is 16.3. The van der Waals surface area contributed by atoms with Gasteiger partial charge in [0.25, 0.3) is 0 Å². The molecule has 0 atom stereocenters. The van der Waals surface area contributed by atoms with E-state index in [-0.39, 0.29) is 11.5 Å². The van der Waals surface area contributed by atoms with Gasteiger partial charge in [-0.1, -0.05) is 29.8 Å². The first-order valence-electron chi connectivity index (χ1n) is 8.92. The summed E-state index contributed by atoms with van der Waals surface area (Å²) in [6.45, 7) is 2.44. The lowest BCUT2D eigenvalue weighted by molar-refractivity contribution is -0.384. The third-order valence-electron chi connectivity index (χ3n) is 4.12. The number of benzene rings is 2. The van der Waals surface area contributed by atoms with E-state index in [1.165, 1.54) is 24.5 Å². The summed E-state index contributed by atoms with van der Waals surface area (Å²) < 4.78 is 12.1. The largest absolute Gasteiger partial charge is 0.493 e. The lowest BCUT2D eigenvalue weighted by atomic mass is 10.1. The van der Waals surface area contributed by atoms with Crippen LogP contribution < -0.4 is 14.9 Å². The highest BCUT2D eigenvalue weighted by Crippen LogP contribution is 2.33. The molecule has 0 saturated heterocycles. The van der Waals surface area contributed by atoms with Gasteiger partial charge in [-0.05, 0) is 46.6 Å². The van der Waals surface area contributed by atoms with Crippen molar-refractivity contribution in [3.05, 3.63) is 86.0 Å². The molecule has 0 radical (unpaired) electrons. The van der Waals surface area contributed by atoms with Crippen LogP contribution in [-0.2, 0) is 6.61 Å². The molecule has 0 fully saturated rings. The van der Waals surface area contributed by atoms with Crippen LogP contribution >= 0.6 is 15.9 Å². The number of nitrogens with zero attached hydrogens (tertiary/aromatic N) is 3. The molecule has 0 aliphatic rings. The molecule has 0 aliphatic carbocycles. The molecule has 0 spiro atoms. The zero-order chi connectivity index (χ0) is 21.5. The van der Waals surface area contributed by atoms with Crippen molar-refractivity contribution in [2.75, 3.05) is 12.5 Å². The highest BCUT2D eigenvalue weighted by molar-refractivity contribution is 9.10. The maximum atomic E-state index is 11.0. The summed E-state index contributed by atoms with van der Waals surface area (Å²) in [7, 11) is 1.55. The second kappa shape index (κ2) is 9.84. The standard InChI is InChI=1S/C21H19BrN4O4/c1-14-5-3-6-15(9-14)13-30-20-11-17(22)16(10-19(20)29-2)12-24-25-21-18(26(27)28)7-4-8-23-21/h3-12H,13H2,1-2H3,(H,23,25)/b24-12-. The average Bonchev–Trinajstić information content (AvgIpc) is 2.73. The van der Waals surface area contributed by atoms with Crippen LogP contribution in [0.1, 0.15) is 16.7 Å². The maximum Gasteiger partial charge on any atom is 0.313 e. The van der Waals surface area contributed by atoms with Gasteiger partial charge in [-0.15, -0.1) is 0 Å². The summed E-state index contributed by atoms with van der Waals surface area (Å²) >= 11 is 3.49. The monoisotopic (exact) mass is 470 g/mol. The number of aryl methyl sites for hydroxylation is 1. The first kappa shape index (κ1) is 21.3.